The quantitative estimate of drug-likeness (QED) is 0.822. The molecular formula is C12H21N3S. The smallest absolute Gasteiger partial charge is 0.0897 e. The van der Waals surface area contributed by atoms with Crippen LogP contribution >= 0.6 is 11.3 Å². The maximum atomic E-state index is 5.76. The molecule has 1 aromatic heterocycles. The molecule has 0 bridgehead atoms. The van der Waals surface area contributed by atoms with Crippen molar-refractivity contribution in [1.82, 2.24) is 10.3 Å². The van der Waals surface area contributed by atoms with Crippen LogP contribution < -0.4 is 11.1 Å². The van der Waals surface area contributed by atoms with Gasteiger partial charge in [0.1, 0.15) is 0 Å². The lowest BCUT2D eigenvalue weighted by molar-refractivity contribution is 0.409. The van der Waals surface area contributed by atoms with Crippen molar-refractivity contribution < 1.29 is 0 Å². The number of rotatable bonds is 5. The highest BCUT2D eigenvalue weighted by Gasteiger charge is 2.24. The molecule has 1 aromatic rings. The van der Waals surface area contributed by atoms with Crippen LogP contribution in [0.15, 0.2) is 5.38 Å². The molecule has 2 unspecified atom stereocenters. The second kappa shape index (κ2) is 5.75. The largest absolute Gasteiger partial charge is 0.330 e. The Morgan fingerprint density at radius 2 is 2.44 bits per heavy atom. The van der Waals surface area contributed by atoms with E-state index >= 15 is 0 Å². The SMILES string of the molecule is Cc1nc(CCNC2CCCC2CN)cs1. The fraction of sp³-hybridized carbons (Fsp3) is 0.750. The van der Waals surface area contributed by atoms with Crippen LogP contribution in [0.25, 0.3) is 0 Å². The van der Waals surface area contributed by atoms with Crippen molar-refractivity contribution in [1.29, 1.82) is 0 Å². The van der Waals surface area contributed by atoms with Gasteiger partial charge >= 0.3 is 0 Å². The predicted molar refractivity (Wildman–Crippen MR) is 68.7 cm³/mol. The van der Waals surface area contributed by atoms with Gasteiger partial charge in [-0.1, -0.05) is 6.42 Å². The van der Waals surface area contributed by atoms with Gasteiger partial charge < -0.3 is 11.1 Å². The lowest BCUT2D eigenvalue weighted by Crippen LogP contribution is -2.37. The van der Waals surface area contributed by atoms with Gasteiger partial charge in [0.2, 0.25) is 0 Å². The molecule has 16 heavy (non-hydrogen) atoms. The molecule has 90 valence electrons. The summed E-state index contributed by atoms with van der Waals surface area (Å²) >= 11 is 1.73. The van der Waals surface area contributed by atoms with Crippen LogP contribution in [0.5, 0.6) is 0 Å². The molecule has 1 fully saturated rings. The number of nitrogens with zero attached hydrogens (tertiary/aromatic N) is 1. The standard InChI is InChI=1S/C12H21N3S/c1-9-15-11(8-16-9)5-6-14-12-4-2-3-10(12)7-13/h8,10,12,14H,2-7,13H2,1H3. The number of aromatic nitrogens is 1. The van der Waals surface area contributed by atoms with Gasteiger partial charge in [-0.2, -0.15) is 0 Å². The molecule has 3 nitrogen and oxygen atoms in total. The number of nitrogens with one attached hydrogen (secondary N) is 1. The van der Waals surface area contributed by atoms with Crippen LogP contribution in [-0.4, -0.2) is 24.1 Å². The van der Waals surface area contributed by atoms with Crippen LogP contribution in [0, 0.1) is 12.8 Å². The fourth-order valence-corrected chi connectivity index (χ4v) is 3.14. The average molecular weight is 239 g/mol. The second-order valence-electron chi connectivity index (χ2n) is 4.60. The first kappa shape index (κ1) is 12.0. The number of aryl methyl sites for hydroxylation is 1. The number of thiazole rings is 1. The number of hydrogen-bond donors (Lipinski definition) is 2. The Kier molecular flexibility index (Phi) is 4.32. The van der Waals surface area contributed by atoms with Crippen molar-refractivity contribution in [3.63, 3.8) is 0 Å². The molecule has 0 aliphatic heterocycles. The van der Waals surface area contributed by atoms with Crippen molar-refractivity contribution in [2.75, 3.05) is 13.1 Å². The van der Waals surface area contributed by atoms with Crippen molar-refractivity contribution in [2.24, 2.45) is 11.7 Å². The topological polar surface area (TPSA) is 50.9 Å². The highest BCUT2D eigenvalue weighted by atomic mass is 32.1. The predicted octanol–water partition coefficient (Wildman–Crippen LogP) is 1.71. The van der Waals surface area contributed by atoms with E-state index in [1.54, 1.807) is 11.3 Å². The molecule has 1 saturated carbocycles. The van der Waals surface area contributed by atoms with E-state index in [1.807, 2.05) is 0 Å². The van der Waals surface area contributed by atoms with Crippen LogP contribution in [-0.2, 0) is 6.42 Å². The molecule has 2 rings (SSSR count). The van der Waals surface area contributed by atoms with E-state index < -0.39 is 0 Å². The third-order valence-electron chi connectivity index (χ3n) is 3.42. The molecule has 0 saturated heterocycles. The molecule has 1 heterocycles. The molecule has 0 aromatic carbocycles. The summed E-state index contributed by atoms with van der Waals surface area (Å²) in [6.07, 6.45) is 4.95. The Morgan fingerprint density at radius 3 is 3.12 bits per heavy atom. The zero-order valence-electron chi connectivity index (χ0n) is 9.91. The first-order valence-corrected chi connectivity index (χ1v) is 7.02. The molecule has 0 amide bonds. The summed E-state index contributed by atoms with van der Waals surface area (Å²) in [5.74, 6) is 0.692. The molecular weight excluding hydrogens is 218 g/mol. The van der Waals surface area contributed by atoms with E-state index in [0.717, 1.165) is 24.5 Å². The minimum atomic E-state index is 0.643. The Balaban J connectivity index is 1.71. The van der Waals surface area contributed by atoms with Gasteiger partial charge in [0.25, 0.3) is 0 Å². The van der Waals surface area contributed by atoms with E-state index in [2.05, 4.69) is 22.6 Å². The van der Waals surface area contributed by atoms with E-state index in [1.165, 1.54) is 25.0 Å². The van der Waals surface area contributed by atoms with E-state index in [4.69, 9.17) is 5.73 Å². The zero-order valence-corrected chi connectivity index (χ0v) is 10.7. The minimum absolute atomic E-state index is 0.643. The first-order valence-electron chi connectivity index (χ1n) is 6.14. The van der Waals surface area contributed by atoms with Crippen molar-refractivity contribution in [2.45, 2.75) is 38.6 Å². The fourth-order valence-electron chi connectivity index (χ4n) is 2.50. The average Bonchev–Trinajstić information content (AvgIpc) is 2.87. The summed E-state index contributed by atoms with van der Waals surface area (Å²) in [5, 5.41) is 6.95. The van der Waals surface area contributed by atoms with Crippen molar-refractivity contribution in [3.8, 4) is 0 Å². The zero-order chi connectivity index (χ0) is 11.4. The first-order chi connectivity index (χ1) is 7.79. The highest BCUT2D eigenvalue weighted by Crippen LogP contribution is 2.24. The Labute approximate surface area is 101 Å². The van der Waals surface area contributed by atoms with Gasteiger partial charge in [0.05, 0.1) is 10.7 Å². The monoisotopic (exact) mass is 239 g/mol. The van der Waals surface area contributed by atoms with Gasteiger partial charge in [-0.25, -0.2) is 4.98 Å². The molecule has 3 N–H and O–H groups in total. The lowest BCUT2D eigenvalue weighted by Gasteiger charge is -2.19. The summed E-state index contributed by atoms with van der Waals surface area (Å²) in [6.45, 7) is 3.92. The van der Waals surface area contributed by atoms with Gasteiger partial charge in [-0.15, -0.1) is 11.3 Å². The Bertz CT molecular complexity index is 324. The van der Waals surface area contributed by atoms with E-state index in [9.17, 15) is 0 Å². The summed E-state index contributed by atoms with van der Waals surface area (Å²) in [5.41, 5.74) is 6.98. The molecule has 1 aliphatic carbocycles. The maximum Gasteiger partial charge on any atom is 0.0897 e. The van der Waals surface area contributed by atoms with Crippen LogP contribution in [0.1, 0.15) is 30.0 Å². The van der Waals surface area contributed by atoms with E-state index in [0.29, 0.717) is 12.0 Å². The highest BCUT2D eigenvalue weighted by molar-refractivity contribution is 7.09. The maximum absolute atomic E-state index is 5.76. The Hall–Kier alpha value is -0.450. The molecule has 0 spiro atoms. The minimum Gasteiger partial charge on any atom is -0.330 e. The molecule has 1 aliphatic rings. The van der Waals surface area contributed by atoms with Gasteiger partial charge in [-0.05, 0) is 32.2 Å². The number of nitrogens with two attached hydrogens (primary N) is 1. The normalized spacial score (nSPS) is 25.1. The van der Waals surface area contributed by atoms with Gasteiger partial charge in [-0.3, -0.25) is 0 Å². The van der Waals surface area contributed by atoms with Crippen LogP contribution in [0.3, 0.4) is 0 Å². The van der Waals surface area contributed by atoms with Crippen molar-refractivity contribution in [3.05, 3.63) is 16.1 Å². The van der Waals surface area contributed by atoms with Crippen LogP contribution in [0.4, 0.5) is 0 Å². The third kappa shape index (κ3) is 3.03. The van der Waals surface area contributed by atoms with Crippen LogP contribution in [0.2, 0.25) is 0 Å². The van der Waals surface area contributed by atoms with E-state index in [-0.39, 0.29) is 0 Å². The molecule has 2 atom stereocenters. The van der Waals surface area contributed by atoms with Crippen molar-refractivity contribution >= 4 is 11.3 Å². The summed E-state index contributed by atoms with van der Waals surface area (Å²) in [6, 6.07) is 0.643. The van der Waals surface area contributed by atoms with Gasteiger partial charge in [0, 0.05) is 24.4 Å². The second-order valence-corrected chi connectivity index (χ2v) is 5.66. The molecule has 4 heteroatoms. The van der Waals surface area contributed by atoms with Gasteiger partial charge in [0.15, 0.2) is 0 Å². The lowest BCUT2D eigenvalue weighted by atomic mass is 10.0. The number of hydrogen-bond acceptors (Lipinski definition) is 4. The summed E-state index contributed by atoms with van der Waals surface area (Å²) < 4.78 is 0. The summed E-state index contributed by atoms with van der Waals surface area (Å²) in [4.78, 5) is 4.47. The Morgan fingerprint density at radius 1 is 1.56 bits per heavy atom. The summed E-state index contributed by atoms with van der Waals surface area (Å²) in [7, 11) is 0. The third-order valence-corrected chi connectivity index (χ3v) is 4.24. The molecule has 0 radical (unpaired) electrons.